The van der Waals surface area contributed by atoms with E-state index >= 15 is 0 Å². The maximum absolute atomic E-state index is 6.02. The van der Waals surface area contributed by atoms with Gasteiger partial charge >= 0.3 is 0 Å². The lowest BCUT2D eigenvalue weighted by molar-refractivity contribution is 0.833. The molecule has 0 heterocycles. The minimum absolute atomic E-state index is 0.814. The van der Waals surface area contributed by atoms with Crippen LogP contribution < -0.4 is 0 Å². The van der Waals surface area contributed by atoms with Crippen LogP contribution in [0.25, 0.3) is 0 Å². The summed E-state index contributed by atoms with van der Waals surface area (Å²) in [5, 5.41) is 1.63. The molecule has 0 bridgehead atoms. The minimum atomic E-state index is 0.814. The molecule has 1 aromatic rings. The Morgan fingerprint density at radius 1 is 1.17 bits per heavy atom. The van der Waals surface area contributed by atoms with Crippen LogP contribution in [0.1, 0.15) is 18.4 Å². The van der Waals surface area contributed by atoms with Gasteiger partial charge in [-0.15, -0.1) is 0 Å². The molecule has 1 fully saturated rings. The lowest BCUT2D eigenvalue weighted by Gasteiger charge is -2.04. The summed E-state index contributed by atoms with van der Waals surface area (Å²) in [6, 6.07) is 5.71. The number of hydrogen-bond donors (Lipinski definition) is 0. The Kier molecular flexibility index (Phi) is 2.29. The monoisotopic (exact) mass is 200 g/mol. The largest absolute Gasteiger partial charge is 0.0840 e. The Bertz CT molecular complexity index is 270. The van der Waals surface area contributed by atoms with E-state index in [2.05, 4.69) is 0 Å². The maximum atomic E-state index is 6.02. The molecule has 2 heteroatoms. The molecule has 64 valence electrons. The van der Waals surface area contributed by atoms with E-state index in [-0.39, 0.29) is 0 Å². The fourth-order valence-corrected chi connectivity index (χ4v) is 1.89. The second-order valence-electron chi connectivity index (χ2n) is 3.35. The average molecular weight is 201 g/mol. The third-order valence-electron chi connectivity index (χ3n) is 2.25. The molecule has 12 heavy (non-hydrogen) atoms. The first-order valence-electron chi connectivity index (χ1n) is 4.20. The van der Waals surface area contributed by atoms with Crippen LogP contribution in [-0.4, -0.2) is 0 Å². The van der Waals surface area contributed by atoms with Gasteiger partial charge in [-0.1, -0.05) is 29.3 Å². The van der Waals surface area contributed by atoms with Crippen molar-refractivity contribution >= 4 is 23.2 Å². The van der Waals surface area contributed by atoms with Crippen LogP contribution >= 0.6 is 23.2 Å². The van der Waals surface area contributed by atoms with E-state index in [1.807, 2.05) is 18.2 Å². The Morgan fingerprint density at radius 3 is 2.25 bits per heavy atom. The zero-order valence-electron chi connectivity index (χ0n) is 6.69. The van der Waals surface area contributed by atoms with Crippen molar-refractivity contribution < 1.29 is 0 Å². The molecule has 0 radical (unpaired) electrons. The first kappa shape index (κ1) is 8.40. The highest BCUT2D eigenvalue weighted by atomic mass is 35.5. The molecule has 1 aliphatic carbocycles. The molecule has 1 aliphatic rings. The van der Waals surface area contributed by atoms with Gasteiger partial charge in [-0.25, -0.2) is 0 Å². The van der Waals surface area contributed by atoms with E-state index in [0.29, 0.717) is 0 Å². The van der Waals surface area contributed by atoms with Crippen molar-refractivity contribution in [3.05, 3.63) is 33.8 Å². The molecule has 0 saturated heterocycles. The van der Waals surface area contributed by atoms with E-state index in [4.69, 9.17) is 23.2 Å². The van der Waals surface area contributed by atoms with Crippen molar-refractivity contribution in [2.75, 3.05) is 0 Å². The normalized spacial score (nSPS) is 16.5. The Balaban J connectivity index is 2.26. The van der Waals surface area contributed by atoms with Crippen LogP contribution in [0.3, 0.4) is 0 Å². The Labute approximate surface area is 82.5 Å². The molecule has 0 aromatic heterocycles. The molecule has 0 aliphatic heterocycles. The fraction of sp³-hybridized carbons (Fsp3) is 0.400. The van der Waals surface area contributed by atoms with Crippen molar-refractivity contribution in [2.24, 2.45) is 5.92 Å². The van der Waals surface area contributed by atoms with Gasteiger partial charge in [-0.3, -0.25) is 0 Å². The summed E-state index contributed by atoms with van der Waals surface area (Å²) in [5.41, 5.74) is 1.13. The smallest absolute Gasteiger partial charge is 0.0452 e. The topological polar surface area (TPSA) is 0 Å². The van der Waals surface area contributed by atoms with Gasteiger partial charge in [0.1, 0.15) is 0 Å². The zero-order chi connectivity index (χ0) is 8.55. The van der Waals surface area contributed by atoms with Crippen molar-refractivity contribution in [1.29, 1.82) is 0 Å². The van der Waals surface area contributed by atoms with Crippen molar-refractivity contribution in [3.63, 3.8) is 0 Å². The number of rotatable bonds is 2. The van der Waals surface area contributed by atoms with Crippen LogP contribution in [0.2, 0.25) is 10.0 Å². The van der Waals surface area contributed by atoms with Gasteiger partial charge in [-0.2, -0.15) is 0 Å². The maximum Gasteiger partial charge on any atom is 0.0452 e. The number of hydrogen-bond acceptors (Lipinski definition) is 0. The summed E-state index contributed by atoms with van der Waals surface area (Å²) < 4.78 is 0. The summed E-state index contributed by atoms with van der Waals surface area (Å²) >= 11 is 12.0. The van der Waals surface area contributed by atoms with Crippen molar-refractivity contribution in [1.82, 2.24) is 0 Å². The standard InChI is InChI=1S/C10H10Cl2/c11-9-2-1-3-10(12)8(9)6-7-4-5-7/h1-3,7H,4-6H2. The molecular formula is C10H10Cl2. The van der Waals surface area contributed by atoms with Crippen LogP contribution in [0.4, 0.5) is 0 Å². The van der Waals surface area contributed by atoms with Crippen molar-refractivity contribution in [3.8, 4) is 0 Å². The number of benzene rings is 1. The van der Waals surface area contributed by atoms with Gasteiger partial charge in [0.15, 0.2) is 0 Å². The fourth-order valence-electron chi connectivity index (χ4n) is 1.34. The van der Waals surface area contributed by atoms with Crippen LogP contribution in [0.15, 0.2) is 18.2 Å². The summed E-state index contributed by atoms with van der Waals surface area (Å²) in [4.78, 5) is 0. The summed E-state index contributed by atoms with van der Waals surface area (Å²) in [5.74, 6) is 0.836. The highest BCUT2D eigenvalue weighted by Crippen LogP contribution is 2.36. The van der Waals surface area contributed by atoms with E-state index in [1.54, 1.807) is 0 Å². The van der Waals surface area contributed by atoms with E-state index < -0.39 is 0 Å². The molecule has 2 rings (SSSR count). The Morgan fingerprint density at radius 2 is 1.75 bits per heavy atom. The van der Waals surface area contributed by atoms with E-state index in [0.717, 1.165) is 27.9 Å². The van der Waals surface area contributed by atoms with Gasteiger partial charge in [0.25, 0.3) is 0 Å². The predicted molar refractivity (Wildman–Crippen MR) is 52.9 cm³/mol. The minimum Gasteiger partial charge on any atom is -0.0840 e. The molecule has 0 amide bonds. The first-order chi connectivity index (χ1) is 5.77. The summed E-state index contributed by atoms with van der Waals surface area (Å²) in [6.45, 7) is 0. The highest BCUT2D eigenvalue weighted by Gasteiger charge is 2.23. The van der Waals surface area contributed by atoms with E-state index in [1.165, 1.54) is 12.8 Å². The first-order valence-corrected chi connectivity index (χ1v) is 4.96. The molecule has 1 saturated carbocycles. The summed E-state index contributed by atoms with van der Waals surface area (Å²) in [6.07, 6.45) is 3.72. The zero-order valence-corrected chi connectivity index (χ0v) is 8.20. The highest BCUT2D eigenvalue weighted by molar-refractivity contribution is 6.35. The van der Waals surface area contributed by atoms with Crippen LogP contribution in [-0.2, 0) is 6.42 Å². The molecule has 0 nitrogen and oxygen atoms in total. The molecular weight excluding hydrogens is 191 g/mol. The quantitative estimate of drug-likeness (QED) is 0.679. The van der Waals surface area contributed by atoms with Gasteiger partial charge < -0.3 is 0 Å². The molecule has 0 unspecified atom stereocenters. The predicted octanol–water partition coefficient (Wildman–Crippen LogP) is 3.95. The second kappa shape index (κ2) is 3.27. The van der Waals surface area contributed by atoms with Crippen molar-refractivity contribution in [2.45, 2.75) is 19.3 Å². The van der Waals surface area contributed by atoms with Gasteiger partial charge in [0.05, 0.1) is 0 Å². The Hall–Kier alpha value is -0.200. The van der Waals surface area contributed by atoms with Gasteiger partial charge in [-0.05, 0) is 42.9 Å². The average Bonchev–Trinajstić information content (AvgIpc) is 2.80. The molecule has 0 spiro atoms. The SMILES string of the molecule is Clc1cccc(Cl)c1CC1CC1. The third-order valence-corrected chi connectivity index (χ3v) is 2.96. The van der Waals surface area contributed by atoms with E-state index in [9.17, 15) is 0 Å². The number of halogens is 2. The third kappa shape index (κ3) is 1.75. The van der Waals surface area contributed by atoms with Gasteiger partial charge in [0, 0.05) is 10.0 Å². The molecule has 0 N–H and O–H groups in total. The van der Waals surface area contributed by atoms with Crippen LogP contribution in [0, 0.1) is 5.92 Å². The lowest BCUT2D eigenvalue weighted by atomic mass is 10.1. The summed E-state index contributed by atoms with van der Waals surface area (Å²) in [7, 11) is 0. The van der Waals surface area contributed by atoms with Gasteiger partial charge in [0.2, 0.25) is 0 Å². The molecule has 1 aromatic carbocycles. The van der Waals surface area contributed by atoms with Crippen LogP contribution in [0.5, 0.6) is 0 Å². The molecule has 0 atom stereocenters. The second-order valence-corrected chi connectivity index (χ2v) is 4.16. The lowest BCUT2D eigenvalue weighted by Crippen LogP contribution is -1.89.